The number of thiophene rings is 1. The lowest BCUT2D eigenvalue weighted by molar-refractivity contribution is 0.415. The van der Waals surface area contributed by atoms with Crippen LogP contribution in [0, 0.1) is 13.0 Å². The van der Waals surface area contributed by atoms with E-state index in [1.165, 1.54) is 37.2 Å². The number of hydrogen-bond acceptors (Lipinski definition) is 2. The SMILES string of the molecule is COc1ccc(-c2c(-c3ccc(C)cc3)sc3ccc[c]c23)cc1. The largest absolute Gasteiger partial charge is 0.497 e. The van der Waals surface area contributed by atoms with Crippen LogP contribution in [0.1, 0.15) is 5.56 Å². The Bertz CT molecular complexity index is 979. The highest BCUT2D eigenvalue weighted by Gasteiger charge is 2.15. The van der Waals surface area contributed by atoms with Gasteiger partial charge >= 0.3 is 0 Å². The molecule has 0 saturated carbocycles. The fraction of sp³-hybridized carbons (Fsp3) is 0.0909. The molecule has 0 bridgehead atoms. The minimum atomic E-state index is 0.874. The van der Waals surface area contributed by atoms with E-state index in [4.69, 9.17) is 4.74 Å². The average Bonchev–Trinajstić information content (AvgIpc) is 3.02. The summed E-state index contributed by atoms with van der Waals surface area (Å²) in [6.07, 6.45) is 0. The molecule has 1 aromatic heterocycles. The van der Waals surface area contributed by atoms with Gasteiger partial charge in [-0.1, -0.05) is 54.1 Å². The maximum Gasteiger partial charge on any atom is 0.118 e. The van der Waals surface area contributed by atoms with Crippen LogP contribution in [0.25, 0.3) is 31.7 Å². The van der Waals surface area contributed by atoms with Gasteiger partial charge in [-0.3, -0.25) is 0 Å². The van der Waals surface area contributed by atoms with Crippen molar-refractivity contribution in [3.63, 3.8) is 0 Å². The molecule has 0 spiro atoms. The van der Waals surface area contributed by atoms with E-state index in [-0.39, 0.29) is 0 Å². The molecule has 4 aromatic rings. The molecular weight excluding hydrogens is 312 g/mol. The molecule has 0 unspecified atom stereocenters. The van der Waals surface area contributed by atoms with Gasteiger partial charge in [-0.15, -0.1) is 11.3 Å². The first-order valence-corrected chi connectivity index (χ1v) is 8.72. The number of hydrogen-bond donors (Lipinski definition) is 0. The summed E-state index contributed by atoms with van der Waals surface area (Å²) in [6.45, 7) is 2.12. The van der Waals surface area contributed by atoms with Crippen LogP contribution >= 0.6 is 11.3 Å². The Labute approximate surface area is 146 Å². The summed E-state index contributed by atoms with van der Waals surface area (Å²) in [5, 5.41) is 1.18. The first-order valence-electron chi connectivity index (χ1n) is 7.91. The van der Waals surface area contributed by atoms with Gasteiger partial charge in [-0.2, -0.15) is 0 Å². The molecule has 1 heterocycles. The smallest absolute Gasteiger partial charge is 0.118 e. The van der Waals surface area contributed by atoms with Gasteiger partial charge in [0.05, 0.1) is 7.11 Å². The van der Waals surface area contributed by atoms with Crippen LogP contribution in [-0.2, 0) is 0 Å². The van der Waals surface area contributed by atoms with Crippen molar-refractivity contribution in [1.82, 2.24) is 0 Å². The van der Waals surface area contributed by atoms with Crippen molar-refractivity contribution in [3.05, 3.63) is 78.4 Å². The monoisotopic (exact) mass is 329 g/mol. The first-order chi connectivity index (χ1) is 11.8. The summed E-state index contributed by atoms with van der Waals surface area (Å²) in [5.74, 6) is 0.874. The van der Waals surface area contributed by atoms with Crippen LogP contribution in [0.4, 0.5) is 0 Å². The number of fused-ring (bicyclic) bond motifs is 1. The number of ether oxygens (including phenoxy) is 1. The van der Waals surface area contributed by atoms with Crippen LogP contribution in [0.3, 0.4) is 0 Å². The van der Waals surface area contributed by atoms with Gasteiger partial charge in [0.2, 0.25) is 0 Å². The second-order valence-electron chi connectivity index (χ2n) is 5.81. The second-order valence-corrected chi connectivity index (χ2v) is 6.86. The Balaban J connectivity index is 1.97. The van der Waals surface area contributed by atoms with Crippen molar-refractivity contribution in [2.45, 2.75) is 6.92 Å². The molecule has 1 nitrogen and oxygen atoms in total. The third-order valence-corrected chi connectivity index (χ3v) is 5.40. The van der Waals surface area contributed by atoms with Gasteiger partial charge in [-0.05, 0) is 42.3 Å². The molecule has 0 saturated heterocycles. The zero-order valence-electron chi connectivity index (χ0n) is 13.7. The second kappa shape index (κ2) is 6.14. The number of aryl methyl sites for hydroxylation is 1. The van der Waals surface area contributed by atoms with Crippen LogP contribution in [0.2, 0.25) is 0 Å². The molecule has 0 aliphatic carbocycles. The molecular formula is C22H17OS. The molecule has 0 atom stereocenters. The van der Waals surface area contributed by atoms with E-state index in [1.54, 1.807) is 7.11 Å². The Kier molecular flexibility index (Phi) is 3.83. The van der Waals surface area contributed by atoms with E-state index in [1.807, 2.05) is 29.5 Å². The van der Waals surface area contributed by atoms with E-state index >= 15 is 0 Å². The Morgan fingerprint density at radius 2 is 1.58 bits per heavy atom. The number of methoxy groups -OCH3 is 1. The summed E-state index contributed by atoms with van der Waals surface area (Å²) in [5.41, 5.74) is 4.97. The van der Waals surface area contributed by atoms with Gasteiger partial charge in [0.15, 0.2) is 0 Å². The van der Waals surface area contributed by atoms with Crippen LogP contribution in [0.5, 0.6) is 5.75 Å². The van der Waals surface area contributed by atoms with Crippen molar-refractivity contribution in [2.75, 3.05) is 7.11 Å². The molecule has 0 aliphatic rings. The molecule has 0 fully saturated rings. The summed E-state index contributed by atoms with van der Waals surface area (Å²) < 4.78 is 6.56. The lowest BCUT2D eigenvalue weighted by atomic mass is 9.98. The minimum Gasteiger partial charge on any atom is -0.497 e. The third kappa shape index (κ3) is 2.59. The van der Waals surface area contributed by atoms with Crippen LogP contribution < -0.4 is 4.74 Å². The molecule has 0 amide bonds. The van der Waals surface area contributed by atoms with Crippen molar-refractivity contribution in [1.29, 1.82) is 0 Å². The predicted octanol–water partition coefficient (Wildman–Crippen LogP) is 6.35. The van der Waals surface area contributed by atoms with Gasteiger partial charge in [0, 0.05) is 20.5 Å². The van der Waals surface area contributed by atoms with Crippen LogP contribution in [0.15, 0.2) is 66.7 Å². The van der Waals surface area contributed by atoms with E-state index < -0.39 is 0 Å². The summed E-state index contributed by atoms with van der Waals surface area (Å²) in [7, 11) is 1.69. The zero-order valence-corrected chi connectivity index (χ0v) is 14.5. The zero-order chi connectivity index (χ0) is 16.5. The van der Waals surface area contributed by atoms with E-state index in [0.29, 0.717) is 0 Å². The molecule has 4 rings (SSSR count). The third-order valence-electron chi connectivity index (χ3n) is 4.20. The van der Waals surface area contributed by atoms with Gasteiger partial charge in [0.25, 0.3) is 0 Å². The topological polar surface area (TPSA) is 9.23 Å². The van der Waals surface area contributed by atoms with Crippen LogP contribution in [-0.4, -0.2) is 7.11 Å². The van der Waals surface area contributed by atoms with Gasteiger partial charge < -0.3 is 4.74 Å². The molecule has 0 N–H and O–H groups in total. The normalized spacial score (nSPS) is 10.9. The van der Waals surface area contributed by atoms with Crippen molar-refractivity contribution in [2.24, 2.45) is 0 Å². The quantitative estimate of drug-likeness (QED) is 0.425. The summed E-state index contributed by atoms with van der Waals surface area (Å²) >= 11 is 1.83. The van der Waals surface area contributed by atoms with Crippen molar-refractivity contribution in [3.8, 4) is 27.3 Å². The van der Waals surface area contributed by atoms with E-state index in [0.717, 1.165) is 5.75 Å². The Morgan fingerprint density at radius 1 is 0.875 bits per heavy atom. The van der Waals surface area contributed by atoms with Gasteiger partial charge in [-0.25, -0.2) is 0 Å². The standard InChI is InChI=1S/C22H17OS/c1-15-7-9-17(10-8-15)22-21(16-11-13-18(23-2)14-12-16)19-5-3-4-6-20(19)24-22/h3-4,6-14H,1-2H3. The molecule has 1 radical (unpaired) electrons. The first kappa shape index (κ1) is 15.0. The predicted molar refractivity (Wildman–Crippen MR) is 103 cm³/mol. The summed E-state index contributed by atoms with van der Waals surface area (Å²) in [6, 6.07) is 26.6. The molecule has 0 aliphatic heterocycles. The Morgan fingerprint density at radius 3 is 2.29 bits per heavy atom. The maximum absolute atomic E-state index is 5.30. The molecule has 3 aromatic carbocycles. The summed E-state index contributed by atoms with van der Waals surface area (Å²) in [4.78, 5) is 1.29. The highest BCUT2D eigenvalue weighted by molar-refractivity contribution is 7.23. The number of benzene rings is 3. The lowest BCUT2D eigenvalue weighted by Crippen LogP contribution is -1.84. The fourth-order valence-corrected chi connectivity index (χ4v) is 4.12. The molecule has 2 heteroatoms. The van der Waals surface area contributed by atoms with Gasteiger partial charge in [0.1, 0.15) is 5.75 Å². The average molecular weight is 329 g/mol. The van der Waals surface area contributed by atoms with E-state index in [2.05, 4.69) is 61.5 Å². The number of rotatable bonds is 3. The van der Waals surface area contributed by atoms with Crippen molar-refractivity contribution < 1.29 is 4.74 Å². The Hall–Kier alpha value is -2.58. The minimum absolute atomic E-state index is 0.874. The maximum atomic E-state index is 5.30. The fourth-order valence-electron chi connectivity index (χ4n) is 2.92. The highest BCUT2D eigenvalue weighted by Crippen LogP contribution is 2.44. The highest BCUT2D eigenvalue weighted by atomic mass is 32.1. The molecule has 24 heavy (non-hydrogen) atoms. The lowest BCUT2D eigenvalue weighted by Gasteiger charge is -2.07. The van der Waals surface area contributed by atoms with E-state index in [9.17, 15) is 0 Å². The van der Waals surface area contributed by atoms with Crippen molar-refractivity contribution >= 4 is 21.4 Å². The molecule has 117 valence electrons.